The van der Waals surface area contributed by atoms with Crippen LogP contribution in [-0.2, 0) is 14.2 Å². The van der Waals surface area contributed by atoms with Gasteiger partial charge in [-0.3, -0.25) is 0 Å². The molecule has 1 aliphatic rings. The van der Waals surface area contributed by atoms with E-state index in [2.05, 4.69) is 6.58 Å². The van der Waals surface area contributed by atoms with Crippen molar-refractivity contribution in [3.63, 3.8) is 0 Å². The van der Waals surface area contributed by atoms with E-state index in [0.29, 0.717) is 18.6 Å². The molecule has 2 atom stereocenters. The van der Waals surface area contributed by atoms with E-state index in [9.17, 15) is 4.79 Å². The van der Waals surface area contributed by atoms with Gasteiger partial charge < -0.3 is 14.2 Å². The van der Waals surface area contributed by atoms with Gasteiger partial charge in [-0.1, -0.05) is 24.3 Å². The van der Waals surface area contributed by atoms with Crippen LogP contribution in [0.15, 0.2) is 36.4 Å². The predicted octanol–water partition coefficient (Wildman–Crippen LogP) is 2.86. The quantitative estimate of drug-likeness (QED) is 0.613. The number of hydrogen-bond acceptors (Lipinski definition) is 4. The number of rotatable bonds is 5. The van der Waals surface area contributed by atoms with E-state index in [1.165, 1.54) is 0 Å². The molecule has 0 aromatic heterocycles. The van der Waals surface area contributed by atoms with Gasteiger partial charge in [0.15, 0.2) is 6.29 Å². The Morgan fingerprint density at radius 2 is 2.10 bits per heavy atom. The number of carbonyl (C=O) groups excluding carboxylic acids is 1. The predicted molar refractivity (Wildman–Crippen MR) is 75.5 cm³/mol. The van der Waals surface area contributed by atoms with E-state index in [0.717, 1.165) is 11.1 Å². The first-order valence-corrected chi connectivity index (χ1v) is 6.78. The first-order chi connectivity index (χ1) is 9.60. The molecule has 0 unspecified atom stereocenters. The van der Waals surface area contributed by atoms with Gasteiger partial charge in [-0.2, -0.15) is 0 Å². The van der Waals surface area contributed by atoms with Gasteiger partial charge >= 0.3 is 5.97 Å². The third-order valence-electron chi connectivity index (χ3n) is 3.21. The van der Waals surface area contributed by atoms with Gasteiger partial charge in [0.05, 0.1) is 5.56 Å². The highest BCUT2D eigenvalue weighted by Gasteiger charge is 2.30. The highest BCUT2D eigenvalue weighted by atomic mass is 16.7. The van der Waals surface area contributed by atoms with Crippen molar-refractivity contribution in [2.75, 3.05) is 13.2 Å². The highest BCUT2D eigenvalue weighted by molar-refractivity contribution is 5.89. The van der Waals surface area contributed by atoms with E-state index in [4.69, 9.17) is 14.2 Å². The van der Waals surface area contributed by atoms with Crippen LogP contribution in [0.2, 0.25) is 0 Å². The molecule has 0 N–H and O–H groups in total. The standard InChI is InChI=1S/C16H20O4/c1-4-18-15-9-12(3)14(20-15)10-19-16(17)13-7-5-11(2)6-8-13/h5-8,14-15H,3-4,9-10H2,1-2H3/t14-,15+/m1/s1. The van der Waals surface area contributed by atoms with Crippen molar-refractivity contribution < 1.29 is 19.0 Å². The van der Waals surface area contributed by atoms with Gasteiger partial charge in [-0.25, -0.2) is 4.79 Å². The highest BCUT2D eigenvalue weighted by Crippen LogP contribution is 2.25. The summed E-state index contributed by atoms with van der Waals surface area (Å²) in [5.41, 5.74) is 2.55. The number of benzene rings is 1. The minimum Gasteiger partial charge on any atom is -0.459 e. The molecule has 108 valence electrons. The first-order valence-electron chi connectivity index (χ1n) is 6.78. The summed E-state index contributed by atoms with van der Waals surface area (Å²) in [5, 5.41) is 0. The first kappa shape index (κ1) is 14.8. The van der Waals surface area contributed by atoms with Gasteiger partial charge in [-0.05, 0) is 31.6 Å². The Hall–Kier alpha value is -1.65. The fourth-order valence-corrected chi connectivity index (χ4v) is 2.04. The van der Waals surface area contributed by atoms with Gasteiger partial charge in [0.2, 0.25) is 0 Å². The van der Waals surface area contributed by atoms with Crippen LogP contribution in [0, 0.1) is 6.92 Å². The van der Waals surface area contributed by atoms with E-state index >= 15 is 0 Å². The summed E-state index contributed by atoms with van der Waals surface area (Å²) >= 11 is 0. The van der Waals surface area contributed by atoms with Crippen molar-refractivity contribution in [1.82, 2.24) is 0 Å². The van der Waals surface area contributed by atoms with E-state index in [1.807, 2.05) is 26.0 Å². The SMILES string of the molecule is C=C1C[C@@H](OCC)O[C@@H]1COC(=O)c1ccc(C)cc1. The molecule has 0 saturated carbocycles. The molecule has 1 aliphatic heterocycles. The second-order valence-corrected chi connectivity index (χ2v) is 4.84. The summed E-state index contributed by atoms with van der Waals surface area (Å²) in [6.07, 6.45) is 0.108. The molecule has 0 bridgehead atoms. The maximum Gasteiger partial charge on any atom is 0.338 e. The largest absolute Gasteiger partial charge is 0.459 e. The van der Waals surface area contributed by atoms with Crippen LogP contribution in [0.4, 0.5) is 0 Å². The zero-order valence-corrected chi connectivity index (χ0v) is 11.9. The topological polar surface area (TPSA) is 44.8 Å². The average Bonchev–Trinajstić information content (AvgIpc) is 2.77. The van der Waals surface area contributed by atoms with Crippen LogP contribution < -0.4 is 0 Å². The zero-order chi connectivity index (χ0) is 14.5. The number of carbonyl (C=O) groups is 1. The molecule has 20 heavy (non-hydrogen) atoms. The van der Waals surface area contributed by atoms with E-state index < -0.39 is 0 Å². The Bertz CT molecular complexity index is 478. The van der Waals surface area contributed by atoms with Crippen molar-refractivity contribution in [3.05, 3.63) is 47.5 Å². The minimum absolute atomic E-state index is 0.176. The summed E-state index contributed by atoms with van der Waals surface area (Å²) in [6.45, 7) is 8.59. The number of hydrogen-bond donors (Lipinski definition) is 0. The third kappa shape index (κ3) is 3.68. The molecule has 1 fully saturated rings. The van der Waals surface area contributed by atoms with Crippen molar-refractivity contribution >= 4 is 5.97 Å². The lowest BCUT2D eigenvalue weighted by Crippen LogP contribution is -2.21. The lowest BCUT2D eigenvalue weighted by atomic mass is 10.1. The summed E-state index contributed by atoms with van der Waals surface area (Å²) in [5.74, 6) is -0.346. The summed E-state index contributed by atoms with van der Waals surface area (Å²) in [4.78, 5) is 11.9. The van der Waals surface area contributed by atoms with Crippen LogP contribution in [0.3, 0.4) is 0 Å². The van der Waals surface area contributed by atoms with Gasteiger partial charge in [0, 0.05) is 13.0 Å². The lowest BCUT2D eigenvalue weighted by Gasteiger charge is -2.13. The number of esters is 1. The molecule has 1 aromatic carbocycles. The molecular weight excluding hydrogens is 256 g/mol. The lowest BCUT2D eigenvalue weighted by molar-refractivity contribution is -0.136. The number of aryl methyl sites for hydroxylation is 1. The zero-order valence-electron chi connectivity index (χ0n) is 11.9. The van der Waals surface area contributed by atoms with Gasteiger partial charge in [-0.15, -0.1) is 0 Å². The van der Waals surface area contributed by atoms with Gasteiger partial charge in [0.1, 0.15) is 12.7 Å². The molecule has 0 spiro atoms. The fraction of sp³-hybridized carbons (Fsp3) is 0.438. The molecule has 0 radical (unpaired) electrons. The van der Waals surface area contributed by atoms with Crippen molar-refractivity contribution in [2.24, 2.45) is 0 Å². The fourth-order valence-electron chi connectivity index (χ4n) is 2.04. The van der Waals surface area contributed by atoms with Crippen LogP contribution >= 0.6 is 0 Å². The molecular formula is C16H20O4. The third-order valence-corrected chi connectivity index (χ3v) is 3.21. The summed E-state index contributed by atoms with van der Waals surface area (Å²) < 4.78 is 16.3. The summed E-state index contributed by atoms with van der Waals surface area (Å²) in [7, 11) is 0. The second kappa shape index (κ2) is 6.68. The van der Waals surface area contributed by atoms with Gasteiger partial charge in [0.25, 0.3) is 0 Å². The molecule has 1 saturated heterocycles. The van der Waals surface area contributed by atoms with E-state index in [1.54, 1.807) is 12.1 Å². The van der Waals surface area contributed by atoms with Crippen LogP contribution in [0.25, 0.3) is 0 Å². The van der Waals surface area contributed by atoms with Crippen molar-refractivity contribution in [3.8, 4) is 0 Å². The molecule has 0 amide bonds. The van der Waals surface area contributed by atoms with Crippen molar-refractivity contribution in [2.45, 2.75) is 32.7 Å². The second-order valence-electron chi connectivity index (χ2n) is 4.84. The Morgan fingerprint density at radius 3 is 2.75 bits per heavy atom. The Morgan fingerprint density at radius 1 is 1.40 bits per heavy atom. The number of ether oxygens (including phenoxy) is 3. The molecule has 0 aliphatic carbocycles. The molecule has 4 nitrogen and oxygen atoms in total. The maximum atomic E-state index is 11.9. The maximum absolute atomic E-state index is 11.9. The Balaban J connectivity index is 1.84. The smallest absolute Gasteiger partial charge is 0.338 e. The molecule has 2 rings (SSSR count). The molecule has 1 aromatic rings. The average molecular weight is 276 g/mol. The molecule has 1 heterocycles. The van der Waals surface area contributed by atoms with Crippen LogP contribution in [-0.4, -0.2) is 31.6 Å². The Kier molecular flexibility index (Phi) is 4.93. The van der Waals surface area contributed by atoms with E-state index in [-0.39, 0.29) is 25.0 Å². The normalized spacial score (nSPS) is 22.0. The Labute approximate surface area is 119 Å². The van der Waals surface area contributed by atoms with Crippen molar-refractivity contribution in [1.29, 1.82) is 0 Å². The van der Waals surface area contributed by atoms with Crippen LogP contribution in [0.1, 0.15) is 29.3 Å². The minimum atomic E-state index is -0.346. The molecule has 4 heteroatoms. The van der Waals surface area contributed by atoms with Crippen LogP contribution in [0.5, 0.6) is 0 Å². The monoisotopic (exact) mass is 276 g/mol. The summed E-state index contributed by atoms with van der Waals surface area (Å²) in [6, 6.07) is 7.27.